The highest BCUT2D eigenvalue weighted by Crippen LogP contribution is 2.18. The Morgan fingerprint density at radius 3 is 2.20 bits per heavy atom. The number of hydrogen-bond acceptors (Lipinski definition) is 5. The fourth-order valence-electron chi connectivity index (χ4n) is 1.94. The summed E-state index contributed by atoms with van der Waals surface area (Å²) < 4.78 is 16.1. The van der Waals surface area contributed by atoms with Crippen LogP contribution in [0.15, 0.2) is 18.2 Å². The molecule has 0 fully saturated rings. The first-order valence-electron chi connectivity index (χ1n) is 6.81. The van der Waals surface area contributed by atoms with Crippen LogP contribution in [0.4, 0.5) is 0 Å². The van der Waals surface area contributed by atoms with Crippen LogP contribution in [-0.2, 0) is 13.6 Å². The molecule has 0 bridgehead atoms. The molecule has 0 N–H and O–H groups in total. The van der Waals surface area contributed by atoms with Gasteiger partial charge in [0, 0.05) is 13.2 Å². The molecule has 108 valence electrons. The quantitative estimate of drug-likeness (QED) is 0.431. The molecule has 0 amide bonds. The third-order valence-corrected chi connectivity index (χ3v) is 4.87. The summed E-state index contributed by atoms with van der Waals surface area (Å²) in [5.74, 6) is -1.18. The highest BCUT2D eigenvalue weighted by molar-refractivity contribution is 6.61. The van der Waals surface area contributed by atoms with Crippen molar-refractivity contribution in [3.63, 3.8) is 0 Å². The van der Waals surface area contributed by atoms with Gasteiger partial charge in [-0.25, -0.2) is 9.59 Å². The lowest BCUT2D eigenvalue weighted by Crippen LogP contribution is -2.38. The lowest BCUT2D eigenvalue weighted by atomic mass is 10.1. The van der Waals surface area contributed by atoms with E-state index in [-0.39, 0.29) is 0 Å². The van der Waals surface area contributed by atoms with Crippen molar-refractivity contribution in [3.05, 3.63) is 29.3 Å². The minimum atomic E-state index is -2.03. The zero-order chi connectivity index (χ0) is 14.5. The molecule has 1 heterocycles. The lowest BCUT2D eigenvalue weighted by molar-refractivity contribution is 0.0444. The maximum Gasteiger partial charge on any atom is 0.355 e. The van der Waals surface area contributed by atoms with Crippen LogP contribution in [0, 0.1) is 0 Å². The number of carbonyl (C=O) groups is 2. The molecule has 0 saturated carbocycles. The Morgan fingerprint density at radius 2 is 1.60 bits per heavy atom. The Kier molecular flexibility index (Phi) is 5.05. The molecule has 0 radical (unpaired) electrons. The summed E-state index contributed by atoms with van der Waals surface area (Å²) >= 11 is 0. The van der Waals surface area contributed by atoms with Crippen LogP contribution in [-0.4, -0.2) is 34.4 Å². The second-order valence-electron chi connectivity index (χ2n) is 4.56. The number of rotatable bonds is 7. The van der Waals surface area contributed by atoms with Crippen LogP contribution >= 0.6 is 0 Å². The topological polar surface area (TPSA) is 61.8 Å². The Balaban J connectivity index is 2.23. The smallest absolute Gasteiger partial charge is 0.355 e. The molecule has 6 heteroatoms. The Morgan fingerprint density at radius 1 is 1.00 bits per heavy atom. The highest BCUT2D eigenvalue weighted by Gasteiger charge is 2.31. The molecule has 20 heavy (non-hydrogen) atoms. The van der Waals surface area contributed by atoms with Gasteiger partial charge in [0.05, 0.1) is 11.1 Å². The zero-order valence-electron chi connectivity index (χ0n) is 11.7. The van der Waals surface area contributed by atoms with Crippen molar-refractivity contribution in [3.8, 4) is 0 Å². The summed E-state index contributed by atoms with van der Waals surface area (Å²) in [6.07, 6.45) is 1.81. The Hall–Kier alpha value is -1.50. The van der Waals surface area contributed by atoms with Crippen molar-refractivity contribution in [2.45, 2.75) is 26.7 Å². The van der Waals surface area contributed by atoms with Gasteiger partial charge in [0.2, 0.25) is 0 Å². The fourth-order valence-corrected chi connectivity index (χ4v) is 3.88. The summed E-state index contributed by atoms with van der Waals surface area (Å²) in [7, 11) is -2.03. The molecule has 1 aromatic rings. The highest BCUT2D eigenvalue weighted by atomic mass is 28.3. The summed E-state index contributed by atoms with van der Waals surface area (Å²) in [5.41, 5.74) is 0.627. The molecule has 1 aliphatic heterocycles. The molecule has 0 saturated heterocycles. The predicted molar refractivity (Wildman–Crippen MR) is 75.5 cm³/mol. The maximum atomic E-state index is 11.6. The third-order valence-electron chi connectivity index (χ3n) is 2.89. The first kappa shape index (κ1) is 14.9. The molecule has 0 unspecified atom stereocenters. The van der Waals surface area contributed by atoms with Gasteiger partial charge in [-0.05, 0) is 30.2 Å². The zero-order valence-corrected chi connectivity index (χ0v) is 12.8. The van der Waals surface area contributed by atoms with E-state index in [0.717, 1.165) is 18.0 Å². The van der Waals surface area contributed by atoms with Crippen LogP contribution < -0.4 is 5.19 Å². The van der Waals surface area contributed by atoms with E-state index in [0.29, 0.717) is 24.3 Å². The first-order chi connectivity index (χ1) is 9.67. The van der Waals surface area contributed by atoms with Crippen molar-refractivity contribution in [2.24, 2.45) is 0 Å². The summed E-state index contributed by atoms with van der Waals surface area (Å²) in [5, 5.41) is 0.859. The normalized spacial score (nSPS) is 13.8. The fraction of sp³-hybridized carbons (Fsp3) is 0.429. The summed E-state index contributed by atoms with van der Waals surface area (Å²) in [4.78, 5) is 23.0. The van der Waals surface area contributed by atoms with E-state index in [4.69, 9.17) is 8.85 Å². The standard InChI is InChI=1S/C14H18O5Si/c1-3-7-17-20(18-8-4-2)10-5-6-11-12(9-10)14(16)19-13(11)15/h5-6,9,20H,3-4,7-8H2,1-2H3. The third kappa shape index (κ3) is 3.14. The van der Waals surface area contributed by atoms with Crippen molar-refractivity contribution in [1.82, 2.24) is 0 Å². The monoisotopic (exact) mass is 294 g/mol. The molecule has 0 spiro atoms. The van der Waals surface area contributed by atoms with Crippen molar-refractivity contribution >= 4 is 26.4 Å². The molecular formula is C14H18O5Si. The van der Waals surface area contributed by atoms with E-state index < -0.39 is 21.2 Å². The molecule has 5 nitrogen and oxygen atoms in total. The molecule has 1 aliphatic rings. The Labute approximate surface area is 119 Å². The Bertz CT molecular complexity index is 506. The van der Waals surface area contributed by atoms with E-state index in [9.17, 15) is 9.59 Å². The van der Waals surface area contributed by atoms with Crippen molar-refractivity contribution < 1.29 is 23.2 Å². The van der Waals surface area contributed by atoms with Crippen molar-refractivity contribution in [1.29, 1.82) is 0 Å². The molecule has 0 aliphatic carbocycles. The molecular weight excluding hydrogens is 276 g/mol. The number of hydrogen-bond donors (Lipinski definition) is 0. The van der Waals surface area contributed by atoms with Gasteiger partial charge in [0.25, 0.3) is 0 Å². The number of esters is 2. The molecule has 2 rings (SSSR count). The van der Waals surface area contributed by atoms with Crippen LogP contribution in [0.5, 0.6) is 0 Å². The van der Waals surface area contributed by atoms with Gasteiger partial charge in [0.1, 0.15) is 0 Å². The van der Waals surface area contributed by atoms with Gasteiger partial charge in [-0.1, -0.05) is 19.9 Å². The SMILES string of the molecule is CCCO[SiH](OCCC)c1ccc2c(c1)C(=O)OC2=O. The maximum absolute atomic E-state index is 11.6. The van der Waals surface area contributed by atoms with E-state index >= 15 is 0 Å². The van der Waals surface area contributed by atoms with Gasteiger partial charge < -0.3 is 13.6 Å². The average molecular weight is 294 g/mol. The van der Waals surface area contributed by atoms with Crippen LogP contribution in [0.25, 0.3) is 0 Å². The lowest BCUT2D eigenvalue weighted by Gasteiger charge is -2.16. The van der Waals surface area contributed by atoms with Gasteiger partial charge in [-0.2, -0.15) is 0 Å². The second-order valence-corrected chi connectivity index (χ2v) is 6.55. The predicted octanol–water partition coefficient (Wildman–Crippen LogP) is 1.28. The van der Waals surface area contributed by atoms with E-state index in [2.05, 4.69) is 4.74 Å². The molecule has 0 atom stereocenters. The number of benzene rings is 1. The number of carbonyl (C=O) groups excluding carboxylic acids is 2. The van der Waals surface area contributed by atoms with Crippen LogP contribution in [0.3, 0.4) is 0 Å². The summed E-state index contributed by atoms with van der Waals surface area (Å²) in [6, 6.07) is 5.08. The summed E-state index contributed by atoms with van der Waals surface area (Å²) in [6.45, 7) is 5.32. The number of ether oxygens (including phenoxy) is 1. The van der Waals surface area contributed by atoms with E-state index in [1.165, 1.54) is 0 Å². The van der Waals surface area contributed by atoms with E-state index in [1.54, 1.807) is 18.2 Å². The van der Waals surface area contributed by atoms with E-state index in [1.807, 2.05) is 13.8 Å². The first-order valence-corrected chi connectivity index (χ1v) is 8.33. The van der Waals surface area contributed by atoms with Crippen LogP contribution in [0.2, 0.25) is 0 Å². The number of cyclic esters (lactones) is 2. The number of fused-ring (bicyclic) bond motifs is 1. The minimum absolute atomic E-state index is 0.310. The molecule has 1 aromatic carbocycles. The van der Waals surface area contributed by atoms with Crippen molar-refractivity contribution in [2.75, 3.05) is 13.2 Å². The van der Waals surface area contributed by atoms with Gasteiger partial charge >= 0.3 is 21.2 Å². The van der Waals surface area contributed by atoms with Crippen LogP contribution in [0.1, 0.15) is 47.4 Å². The van der Waals surface area contributed by atoms with Gasteiger partial charge in [0.15, 0.2) is 0 Å². The second kappa shape index (κ2) is 6.78. The largest absolute Gasteiger partial charge is 0.393 e. The van der Waals surface area contributed by atoms with Gasteiger partial charge in [-0.3, -0.25) is 0 Å². The average Bonchev–Trinajstić information content (AvgIpc) is 2.74. The van der Waals surface area contributed by atoms with Gasteiger partial charge in [-0.15, -0.1) is 0 Å². The minimum Gasteiger partial charge on any atom is -0.393 e. The molecule has 0 aromatic heterocycles.